The Hall–Kier alpha value is -1.96. The van der Waals surface area contributed by atoms with Gasteiger partial charge in [-0.05, 0) is 13.8 Å². The number of rotatable bonds is 2. The van der Waals surface area contributed by atoms with Crippen molar-refractivity contribution in [3.63, 3.8) is 0 Å². The predicted molar refractivity (Wildman–Crippen MR) is 65.5 cm³/mol. The molecule has 1 fully saturated rings. The maximum atomic E-state index is 11.1. The molecule has 1 aromatic heterocycles. The monoisotopic (exact) mass is 253 g/mol. The van der Waals surface area contributed by atoms with Crippen molar-refractivity contribution in [2.45, 2.75) is 20.0 Å². The van der Waals surface area contributed by atoms with Gasteiger partial charge >= 0.3 is 5.69 Å². The molecule has 0 saturated carbocycles. The van der Waals surface area contributed by atoms with Gasteiger partial charge in [0.15, 0.2) is 0 Å². The number of nitro groups is 1. The molecule has 1 atom stereocenters. The molecule has 0 amide bonds. The van der Waals surface area contributed by atoms with Crippen molar-refractivity contribution >= 4 is 17.5 Å². The van der Waals surface area contributed by atoms with Gasteiger partial charge in [-0.25, -0.2) is 4.98 Å². The molecule has 1 aliphatic rings. The van der Waals surface area contributed by atoms with E-state index in [2.05, 4.69) is 9.97 Å². The molecule has 1 aromatic rings. The molecular formula is C10H15N5O3. The summed E-state index contributed by atoms with van der Waals surface area (Å²) in [7, 11) is 0. The number of nitrogens with zero attached hydrogens (tertiary/aromatic N) is 4. The van der Waals surface area contributed by atoms with Crippen molar-refractivity contribution in [2.75, 3.05) is 30.3 Å². The van der Waals surface area contributed by atoms with Crippen molar-refractivity contribution in [1.82, 2.24) is 9.97 Å². The minimum Gasteiger partial charge on any atom is -0.375 e. The molecule has 8 nitrogen and oxygen atoms in total. The molecule has 0 bridgehead atoms. The Morgan fingerprint density at radius 2 is 2.28 bits per heavy atom. The third kappa shape index (κ3) is 2.33. The summed E-state index contributed by atoms with van der Waals surface area (Å²) in [5.74, 6) is 0.326. The van der Waals surface area contributed by atoms with Crippen LogP contribution in [0.15, 0.2) is 0 Å². The van der Waals surface area contributed by atoms with Crippen LogP contribution < -0.4 is 10.6 Å². The Kier molecular flexibility index (Phi) is 3.28. The van der Waals surface area contributed by atoms with Crippen LogP contribution in [0.4, 0.5) is 17.5 Å². The topological polar surface area (TPSA) is 107 Å². The number of hydrogen-bond acceptors (Lipinski definition) is 7. The van der Waals surface area contributed by atoms with Crippen molar-refractivity contribution in [3.8, 4) is 0 Å². The van der Waals surface area contributed by atoms with Gasteiger partial charge < -0.3 is 15.4 Å². The smallest absolute Gasteiger partial charge is 0.332 e. The molecule has 1 saturated heterocycles. The zero-order valence-corrected chi connectivity index (χ0v) is 10.3. The van der Waals surface area contributed by atoms with E-state index in [1.165, 1.54) is 0 Å². The normalized spacial score (nSPS) is 19.9. The first kappa shape index (κ1) is 12.5. The summed E-state index contributed by atoms with van der Waals surface area (Å²) in [6.45, 7) is 5.10. The fourth-order valence-corrected chi connectivity index (χ4v) is 2.02. The summed E-state index contributed by atoms with van der Waals surface area (Å²) in [5, 5.41) is 11.1. The molecule has 0 aromatic carbocycles. The van der Waals surface area contributed by atoms with Crippen molar-refractivity contribution in [2.24, 2.45) is 0 Å². The lowest BCUT2D eigenvalue weighted by atomic mass is 10.2. The average Bonchev–Trinajstić information content (AvgIpc) is 2.27. The molecule has 0 aliphatic carbocycles. The zero-order valence-electron chi connectivity index (χ0n) is 10.3. The summed E-state index contributed by atoms with van der Waals surface area (Å²) in [6.07, 6.45) is 0.00912. The molecule has 8 heteroatoms. The van der Waals surface area contributed by atoms with Crippen molar-refractivity contribution < 1.29 is 9.66 Å². The van der Waals surface area contributed by atoms with E-state index in [4.69, 9.17) is 10.5 Å². The maximum Gasteiger partial charge on any atom is 0.332 e. The molecule has 0 radical (unpaired) electrons. The zero-order chi connectivity index (χ0) is 13.3. The van der Waals surface area contributed by atoms with Crippen LogP contribution in [-0.2, 0) is 4.74 Å². The number of hydrogen-bond donors (Lipinski definition) is 1. The van der Waals surface area contributed by atoms with Gasteiger partial charge in [0, 0.05) is 13.1 Å². The maximum absolute atomic E-state index is 11.1. The van der Waals surface area contributed by atoms with Crippen LogP contribution in [0.25, 0.3) is 0 Å². The summed E-state index contributed by atoms with van der Waals surface area (Å²) in [5.41, 5.74) is 5.76. The number of aromatic nitrogens is 2. The summed E-state index contributed by atoms with van der Waals surface area (Å²) in [6, 6.07) is 0. The lowest BCUT2D eigenvalue weighted by molar-refractivity contribution is -0.385. The van der Waals surface area contributed by atoms with Gasteiger partial charge in [-0.2, -0.15) is 4.98 Å². The van der Waals surface area contributed by atoms with Gasteiger partial charge in [0.2, 0.25) is 11.8 Å². The molecule has 2 heterocycles. The van der Waals surface area contributed by atoms with Gasteiger partial charge in [0.1, 0.15) is 5.69 Å². The Labute approximate surface area is 104 Å². The molecule has 1 unspecified atom stereocenters. The number of anilines is 2. The summed E-state index contributed by atoms with van der Waals surface area (Å²) < 4.78 is 5.40. The van der Waals surface area contributed by atoms with Gasteiger partial charge in [-0.3, -0.25) is 10.1 Å². The summed E-state index contributed by atoms with van der Waals surface area (Å²) >= 11 is 0. The Balaban J connectivity index is 2.44. The first-order valence-corrected chi connectivity index (χ1v) is 5.64. The second kappa shape index (κ2) is 4.73. The highest BCUT2D eigenvalue weighted by Crippen LogP contribution is 2.30. The SMILES string of the molecule is Cc1nc(N)nc(N2CCOC(C)C2)c1[N+](=O)[O-]. The molecule has 98 valence electrons. The van der Waals surface area contributed by atoms with E-state index < -0.39 is 4.92 Å². The van der Waals surface area contributed by atoms with Gasteiger partial charge in [0.05, 0.1) is 17.6 Å². The van der Waals surface area contributed by atoms with E-state index >= 15 is 0 Å². The van der Waals surface area contributed by atoms with E-state index in [1.807, 2.05) is 11.8 Å². The van der Waals surface area contributed by atoms with Crippen LogP contribution in [-0.4, -0.2) is 40.7 Å². The first-order chi connectivity index (χ1) is 8.49. The highest BCUT2D eigenvalue weighted by molar-refractivity contribution is 5.62. The van der Waals surface area contributed by atoms with E-state index in [-0.39, 0.29) is 29.3 Å². The number of ether oxygens (including phenoxy) is 1. The lowest BCUT2D eigenvalue weighted by Gasteiger charge is -2.31. The minimum atomic E-state index is -0.468. The standard InChI is InChI=1S/C10H15N5O3/c1-6-5-14(3-4-18-6)9-8(15(16)17)7(2)12-10(11)13-9/h6H,3-5H2,1-2H3,(H2,11,12,13). The predicted octanol–water partition coefficient (Wildman–Crippen LogP) is 0.501. The largest absolute Gasteiger partial charge is 0.375 e. The third-order valence-electron chi connectivity index (χ3n) is 2.78. The van der Waals surface area contributed by atoms with Crippen LogP contribution in [0.2, 0.25) is 0 Å². The number of nitrogens with two attached hydrogens (primary N) is 1. The molecule has 18 heavy (non-hydrogen) atoms. The second-order valence-corrected chi connectivity index (χ2v) is 4.22. The van der Waals surface area contributed by atoms with Gasteiger partial charge in [-0.1, -0.05) is 0 Å². The van der Waals surface area contributed by atoms with E-state index in [1.54, 1.807) is 6.92 Å². The van der Waals surface area contributed by atoms with Crippen LogP contribution >= 0.6 is 0 Å². The van der Waals surface area contributed by atoms with Crippen molar-refractivity contribution in [3.05, 3.63) is 15.8 Å². The van der Waals surface area contributed by atoms with Gasteiger partial charge in [0.25, 0.3) is 0 Å². The lowest BCUT2D eigenvalue weighted by Crippen LogP contribution is -2.42. The average molecular weight is 253 g/mol. The van der Waals surface area contributed by atoms with Gasteiger partial charge in [-0.15, -0.1) is 0 Å². The minimum absolute atomic E-state index is 0.00912. The van der Waals surface area contributed by atoms with Crippen LogP contribution in [0.3, 0.4) is 0 Å². The van der Waals surface area contributed by atoms with Crippen LogP contribution in [0.1, 0.15) is 12.6 Å². The Bertz CT molecular complexity index is 479. The number of morpholine rings is 1. The molecule has 0 spiro atoms. The quantitative estimate of drug-likeness (QED) is 0.604. The third-order valence-corrected chi connectivity index (χ3v) is 2.78. The Morgan fingerprint density at radius 3 is 2.89 bits per heavy atom. The molecule has 1 aliphatic heterocycles. The number of nitrogen functional groups attached to an aromatic ring is 1. The van der Waals surface area contributed by atoms with E-state index in [0.717, 1.165) is 0 Å². The van der Waals surface area contributed by atoms with E-state index in [0.29, 0.717) is 19.7 Å². The first-order valence-electron chi connectivity index (χ1n) is 5.64. The number of aryl methyl sites for hydroxylation is 1. The van der Waals surface area contributed by atoms with Crippen LogP contribution in [0.5, 0.6) is 0 Å². The highest BCUT2D eigenvalue weighted by atomic mass is 16.6. The van der Waals surface area contributed by atoms with E-state index in [9.17, 15) is 10.1 Å². The summed E-state index contributed by atoms with van der Waals surface area (Å²) in [4.78, 5) is 20.3. The highest BCUT2D eigenvalue weighted by Gasteiger charge is 2.28. The Morgan fingerprint density at radius 1 is 1.56 bits per heavy atom. The fourth-order valence-electron chi connectivity index (χ4n) is 2.02. The second-order valence-electron chi connectivity index (χ2n) is 4.22. The van der Waals surface area contributed by atoms with Crippen LogP contribution in [0, 0.1) is 17.0 Å². The molecule has 2 rings (SSSR count). The molecule has 2 N–H and O–H groups in total. The fraction of sp³-hybridized carbons (Fsp3) is 0.600. The van der Waals surface area contributed by atoms with Crippen molar-refractivity contribution in [1.29, 1.82) is 0 Å². The molecular weight excluding hydrogens is 238 g/mol.